The van der Waals surface area contributed by atoms with Crippen molar-refractivity contribution in [2.75, 3.05) is 25.0 Å². The van der Waals surface area contributed by atoms with Crippen molar-refractivity contribution >= 4 is 22.9 Å². The lowest BCUT2D eigenvalue weighted by atomic mass is 10.1. The average molecular weight is 320 g/mol. The monoisotopic (exact) mass is 320 g/mol. The predicted octanol–water partition coefficient (Wildman–Crippen LogP) is 0.837. The molecule has 0 aliphatic rings. The molecule has 0 aromatic carbocycles. The molecule has 126 valence electrons. The summed E-state index contributed by atoms with van der Waals surface area (Å²) in [7, 11) is 1.86. The maximum Gasteiger partial charge on any atom is 0.263 e. The van der Waals surface area contributed by atoms with Crippen molar-refractivity contribution in [2.24, 2.45) is 0 Å². The summed E-state index contributed by atoms with van der Waals surface area (Å²) in [4.78, 5) is 32.3. The number of aromatic nitrogens is 4. The van der Waals surface area contributed by atoms with Crippen molar-refractivity contribution in [3.63, 3.8) is 0 Å². The summed E-state index contributed by atoms with van der Waals surface area (Å²) >= 11 is 0. The quantitative estimate of drug-likeness (QED) is 0.796. The lowest BCUT2D eigenvalue weighted by molar-refractivity contribution is -0.118. The van der Waals surface area contributed by atoms with Gasteiger partial charge in [0.25, 0.3) is 5.56 Å². The molecule has 0 unspecified atom stereocenters. The molecule has 0 bridgehead atoms. The fraction of sp³-hybridized carbons (Fsp3) is 0.600. The van der Waals surface area contributed by atoms with Crippen LogP contribution in [0.4, 0.5) is 5.95 Å². The van der Waals surface area contributed by atoms with Crippen molar-refractivity contribution in [1.29, 1.82) is 0 Å². The topological polar surface area (TPSA) is 95.9 Å². The average Bonchev–Trinajstić information content (AvgIpc) is 2.87. The first-order valence-corrected chi connectivity index (χ1v) is 7.64. The number of hydrogen-bond donors (Lipinski definition) is 2. The zero-order chi connectivity index (χ0) is 17.2. The van der Waals surface area contributed by atoms with Gasteiger partial charge >= 0.3 is 0 Å². The number of anilines is 1. The van der Waals surface area contributed by atoms with Crippen molar-refractivity contribution in [1.82, 2.24) is 25.1 Å². The van der Waals surface area contributed by atoms with E-state index in [2.05, 4.69) is 20.4 Å². The molecule has 0 radical (unpaired) electrons. The minimum absolute atomic E-state index is 0.0466. The standard InChI is InChI=1S/C15H24N6O2/c1-10(22)16-7-6-8-20(5)14-18-12-11(13(23)19-14)9-17-21(12)15(2,3)4/h9H,6-8H2,1-5H3,(H,16,22)(H,18,19,23). The number of rotatable bonds is 5. The van der Waals surface area contributed by atoms with E-state index in [1.165, 1.54) is 6.92 Å². The van der Waals surface area contributed by atoms with E-state index in [1.54, 1.807) is 10.9 Å². The van der Waals surface area contributed by atoms with Gasteiger partial charge in [0, 0.05) is 27.1 Å². The molecular weight excluding hydrogens is 296 g/mol. The number of aromatic amines is 1. The first kappa shape index (κ1) is 17.0. The molecular formula is C15H24N6O2. The van der Waals surface area contributed by atoms with Crippen LogP contribution in [0.3, 0.4) is 0 Å². The Morgan fingerprint density at radius 3 is 2.74 bits per heavy atom. The van der Waals surface area contributed by atoms with E-state index in [9.17, 15) is 9.59 Å². The summed E-state index contributed by atoms with van der Waals surface area (Å²) in [5.74, 6) is 0.450. The van der Waals surface area contributed by atoms with Gasteiger partial charge in [-0.3, -0.25) is 14.6 Å². The van der Waals surface area contributed by atoms with Gasteiger partial charge in [0.2, 0.25) is 11.9 Å². The van der Waals surface area contributed by atoms with E-state index < -0.39 is 0 Å². The Kier molecular flexibility index (Phi) is 4.72. The number of nitrogens with one attached hydrogen (secondary N) is 2. The van der Waals surface area contributed by atoms with Crippen LogP contribution in [0.25, 0.3) is 11.0 Å². The van der Waals surface area contributed by atoms with E-state index in [1.807, 2.05) is 32.7 Å². The molecule has 2 aromatic rings. The number of carbonyl (C=O) groups excluding carboxylic acids is 1. The molecule has 2 N–H and O–H groups in total. The summed E-state index contributed by atoms with van der Waals surface area (Å²) in [6, 6.07) is 0. The van der Waals surface area contributed by atoms with E-state index in [4.69, 9.17) is 0 Å². The van der Waals surface area contributed by atoms with E-state index in [0.717, 1.165) is 6.42 Å². The summed E-state index contributed by atoms with van der Waals surface area (Å²) < 4.78 is 1.76. The molecule has 0 saturated heterocycles. The van der Waals surface area contributed by atoms with Crippen LogP contribution >= 0.6 is 0 Å². The molecule has 8 heteroatoms. The number of fused-ring (bicyclic) bond motifs is 1. The molecule has 0 fully saturated rings. The Hall–Kier alpha value is -2.38. The summed E-state index contributed by atoms with van der Waals surface area (Å²) in [6.45, 7) is 8.78. The van der Waals surface area contributed by atoms with Gasteiger partial charge < -0.3 is 10.2 Å². The van der Waals surface area contributed by atoms with Gasteiger partial charge in [-0.2, -0.15) is 10.1 Å². The highest BCUT2D eigenvalue weighted by atomic mass is 16.1. The number of hydrogen-bond acceptors (Lipinski definition) is 5. The first-order chi connectivity index (χ1) is 10.7. The van der Waals surface area contributed by atoms with Crippen LogP contribution in [0.1, 0.15) is 34.1 Å². The van der Waals surface area contributed by atoms with Gasteiger partial charge in [0.05, 0.1) is 11.7 Å². The molecule has 0 spiro atoms. The smallest absolute Gasteiger partial charge is 0.263 e. The molecule has 0 aliphatic heterocycles. The largest absolute Gasteiger partial charge is 0.356 e. The predicted molar refractivity (Wildman–Crippen MR) is 89.7 cm³/mol. The summed E-state index contributed by atoms with van der Waals surface area (Å²) in [6.07, 6.45) is 2.31. The molecule has 0 aliphatic carbocycles. The van der Waals surface area contributed by atoms with Crippen molar-refractivity contribution in [3.05, 3.63) is 16.6 Å². The Balaban J connectivity index is 2.24. The molecule has 2 rings (SSSR count). The number of amides is 1. The first-order valence-electron chi connectivity index (χ1n) is 7.64. The Bertz CT molecular complexity index is 755. The second-order valence-electron chi connectivity index (χ2n) is 6.61. The highest BCUT2D eigenvalue weighted by molar-refractivity contribution is 5.74. The van der Waals surface area contributed by atoms with Crippen LogP contribution in [0.15, 0.2) is 11.0 Å². The normalized spacial score (nSPS) is 11.7. The fourth-order valence-corrected chi connectivity index (χ4v) is 2.27. The van der Waals surface area contributed by atoms with Crippen LogP contribution in [0, 0.1) is 0 Å². The fourth-order valence-electron chi connectivity index (χ4n) is 2.27. The Labute approximate surface area is 134 Å². The number of carbonyl (C=O) groups is 1. The molecule has 23 heavy (non-hydrogen) atoms. The number of H-pyrrole nitrogens is 1. The third kappa shape index (κ3) is 3.88. The van der Waals surface area contributed by atoms with Crippen LogP contribution in [0.2, 0.25) is 0 Å². The van der Waals surface area contributed by atoms with Crippen molar-refractivity contribution < 1.29 is 4.79 Å². The Morgan fingerprint density at radius 1 is 1.43 bits per heavy atom. The minimum Gasteiger partial charge on any atom is -0.356 e. The highest BCUT2D eigenvalue weighted by Gasteiger charge is 2.20. The van der Waals surface area contributed by atoms with Crippen LogP contribution < -0.4 is 15.8 Å². The van der Waals surface area contributed by atoms with Crippen LogP contribution in [-0.4, -0.2) is 45.8 Å². The Morgan fingerprint density at radius 2 is 2.13 bits per heavy atom. The molecule has 8 nitrogen and oxygen atoms in total. The molecule has 2 aromatic heterocycles. The summed E-state index contributed by atoms with van der Waals surface area (Å²) in [5.41, 5.74) is 0.114. The second-order valence-corrected chi connectivity index (χ2v) is 6.61. The van der Waals surface area contributed by atoms with E-state index >= 15 is 0 Å². The van der Waals surface area contributed by atoms with Gasteiger partial charge in [-0.05, 0) is 27.2 Å². The number of nitrogens with zero attached hydrogens (tertiary/aromatic N) is 4. The third-order valence-corrected chi connectivity index (χ3v) is 3.47. The van der Waals surface area contributed by atoms with Crippen molar-refractivity contribution in [2.45, 2.75) is 39.7 Å². The maximum absolute atomic E-state index is 12.2. The minimum atomic E-state index is -0.260. The van der Waals surface area contributed by atoms with Crippen LogP contribution in [-0.2, 0) is 10.3 Å². The van der Waals surface area contributed by atoms with E-state index in [0.29, 0.717) is 30.1 Å². The zero-order valence-electron chi connectivity index (χ0n) is 14.3. The lowest BCUT2D eigenvalue weighted by Crippen LogP contribution is -2.29. The lowest BCUT2D eigenvalue weighted by Gasteiger charge is -2.21. The zero-order valence-corrected chi connectivity index (χ0v) is 14.3. The van der Waals surface area contributed by atoms with Gasteiger partial charge in [0.15, 0.2) is 5.65 Å². The third-order valence-electron chi connectivity index (χ3n) is 3.47. The van der Waals surface area contributed by atoms with Crippen molar-refractivity contribution in [3.8, 4) is 0 Å². The van der Waals surface area contributed by atoms with Gasteiger partial charge in [0.1, 0.15) is 5.39 Å². The second kappa shape index (κ2) is 6.39. The van der Waals surface area contributed by atoms with Crippen LogP contribution in [0.5, 0.6) is 0 Å². The van der Waals surface area contributed by atoms with Gasteiger partial charge in [-0.1, -0.05) is 0 Å². The molecule has 0 saturated carbocycles. The van der Waals surface area contributed by atoms with Gasteiger partial charge in [-0.25, -0.2) is 4.68 Å². The van der Waals surface area contributed by atoms with E-state index in [-0.39, 0.29) is 17.0 Å². The molecule has 2 heterocycles. The summed E-state index contributed by atoms with van der Waals surface area (Å²) in [5, 5.41) is 7.52. The maximum atomic E-state index is 12.2. The highest BCUT2D eigenvalue weighted by Crippen LogP contribution is 2.19. The SMILES string of the molecule is CC(=O)NCCCN(C)c1nc2c(cnn2C(C)(C)C)c(=O)[nH]1. The van der Waals surface area contributed by atoms with Gasteiger partial charge in [-0.15, -0.1) is 0 Å². The molecule has 0 atom stereocenters. The molecule has 1 amide bonds.